The van der Waals surface area contributed by atoms with Gasteiger partial charge in [-0.15, -0.1) is 5.10 Å². The molecular formula is C19H24N6O2. The van der Waals surface area contributed by atoms with Crippen molar-refractivity contribution in [1.29, 1.82) is 0 Å². The van der Waals surface area contributed by atoms with E-state index in [0.717, 1.165) is 22.6 Å². The molecule has 6 N–H and O–H groups in total. The van der Waals surface area contributed by atoms with E-state index in [1.807, 2.05) is 37.3 Å². The zero-order valence-corrected chi connectivity index (χ0v) is 15.7. The van der Waals surface area contributed by atoms with Gasteiger partial charge in [0.1, 0.15) is 5.76 Å². The molecule has 0 radical (unpaired) electrons. The maximum atomic E-state index is 12.6. The van der Waals surface area contributed by atoms with E-state index in [9.17, 15) is 4.79 Å². The van der Waals surface area contributed by atoms with Crippen molar-refractivity contribution < 1.29 is 9.21 Å². The maximum absolute atomic E-state index is 12.6. The predicted molar refractivity (Wildman–Crippen MR) is 105 cm³/mol. The van der Waals surface area contributed by atoms with E-state index in [1.165, 1.54) is 0 Å². The number of carbonyl (C=O) groups excluding carboxylic acids is 1. The molecule has 0 atom stereocenters. The van der Waals surface area contributed by atoms with E-state index in [2.05, 4.69) is 34.9 Å². The van der Waals surface area contributed by atoms with Crippen molar-refractivity contribution in [2.75, 3.05) is 5.43 Å². The van der Waals surface area contributed by atoms with Crippen LogP contribution in [0.2, 0.25) is 0 Å². The van der Waals surface area contributed by atoms with Gasteiger partial charge >= 0.3 is 5.91 Å². The monoisotopic (exact) mass is 368 g/mol. The SMILES string of the molecule is Cc1c(C(=O)NNc2ccccc2)oc2c1/C(=N\N=C(N)N)CC(C)(C)C2. The molecule has 1 aliphatic carbocycles. The standard InChI is InChI=1S/C19H24N6O2/c1-11-15-13(23-25-18(20)21)9-19(2,3)10-14(15)27-16(11)17(26)24-22-12-7-5-4-6-8-12/h4-8,22H,9-10H2,1-3H3,(H,24,26)(H4,20,21,25)/b23-13-. The number of nitrogens with two attached hydrogens (primary N) is 2. The second-order valence-electron chi connectivity index (χ2n) is 7.39. The van der Waals surface area contributed by atoms with Gasteiger partial charge in [-0.3, -0.25) is 15.6 Å². The lowest BCUT2D eigenvalue weighted by Crippen LogP contribution is -2.29. The van der Waals surface area contributed by atoms with Crippen LogP contribution in [0.1, 0.15) is 47.7 Å². The number of benzene rings is 1. The number of guanidine groups is 1. The minimum absolute atomic E-state index is 0.0783. The van der Waals surface area contributed by atoms with E-state index in [4.69, 9.17) is 15.9 Å². The lowest BCUT2D eigenvalue weighted by Gasteiger charge is -2.29. The fraction of sp³-hybridized carbons (Fsp3) is 0.316. The molecule has 2 aromatic rings. The average molecular weight is 368 g/mol. The highest BCUT2D eigenvalue weighted by atomic mass is 16.4. The smallest absolute Gasteiger partial charge is 0.305 e. The number of fused-ring (bicyclic) bond motifs is 1. The number of nitrogens with one attached hydrogen (secondary N) is 2. The molecule has 0 bridgehead atoms. The van der Waals surface area contributed by atoms with E-state index in [0.29, 0.717) is 18.6 Å². The van der Waals surface area contributed by atoms with E-state index < -0.39 is 0 Å². The number of rotatable bonds is 4. The van der Waals surface area contributed by atoms with Crippen LogP contribution < -0.4 is 22.3 Å². The first-order valence-electron chi connectivity index (χ1n) is 8.66. The summed E-state index contributed by atoms with van der Waals surface area (Å²) < 4.78 is 5.92. The largest absolute Gasteiger partial charge is 0.455 e. The number of nitrogens with zero attached hydrogens (tertiary/aromatic N) is 2. The van der Waals surface area contributed by atoms with E-state index in [-0.39, 0.29) is 23.0 Å². The summed E-state index contributed by atoms with van der Waals surface area (Å²) in [5.74, 6) is 0.500. The van der Waals surface area contributed by atoms with Crippen molar-refractivity contribution in [2.24, 2.45) is 27.1 Å². The van der Waals surface area contributed by atoms with Crippen LogP contribution in [-0.4, -0.2) is 17.6 Å². The molecule has 0 saturated carbocycles. The Morgan fingerprint density at radius 2 is 1.89 bits per heavy atom. The second kappa shape index (κ2) is 7.14. The number of carbonyl (C=O) groups is 1. The molecule has 8 nitrogen and oxygen atoms in total. The fourth-order valence-corrected chi connectivity index (χ4v) is 3.24. The average Bonchev–Trinajstić information content (AvgIpc) is 2.93. The fourth-order valence-electron chi connectivity index (χ4n) is 3.24. The molecule has 3 rings (SSSR count). The number of anilines is 1. The summed E-state index contributed by atoms with van der Waals surface area (Å²) in [5, 5.41) is 7.98. The van der Waals surface area contributed by atoms with Crippen molar-refractivity contribution in [3.05, 3.63) is 53.0 Å². The summed E-state index contributed by atoms with van der Waals surface area (Å²) in [5.41, 5.74) is 19.3. The number of furan rings is 1. The lowest BCUT2D eigenvalue weighted by atomic mass is 9.75. The van der Waals surface area contributed by atoms with Crippen LogP contribution in [-0.2, 0) is 6.42 Å². The van der Waals surface area contributed by atoms with Crippen LogP contribution in [0.25, 0.3) is 0 Å². The molecule has 27 heavy (non-hydrogen) atoms. The highest BCUT2D eigenvalue weighted by Crippen LogP contribution is 2.38. The first-order valence-corrected chi connectivity index (χ1v) is 8.66. The Balaban J connectivity index is 1.90. The summed E-state index contributed by atoms with van der Waals surface area (Å²) in [6.45, 7) is 6.05. The minimum Gasteiger partial charge on any atom is -0.455 e. The molecule has 0 fully saturated rings. The van der Waals surface area contributed by atoms with Gasteiger partial charge in [0.25, 0.3) is 0 Å². The Labute approximate surface area is 157 Å². The molecule has 0 spiro atoms. The molecule has 1 aromatic carbocycles. The van der Waals surface area contributed by atoms with Crippen LogP contribution >= 0.6 is 0 Å². The van der Waals surface area contributed by atoms with Crippen molar-refractivity contribution in [3.63, 3.8) is 0 Å². The van der Waals surface area contributed by atoms with Gasteiger partial charge < -0.3 is 15.9 Å². The van der Waals surface area contributed by atoms with Gasteiger partial charge in [-0.25, -0.2) is 0 Å². The molecule has 142 valence electrons. The van der Waals surface area contributed by atoms with Gasteiger partial charge in [-0.2, -0.15) is 5.10 Å². The maximum Gasteiger partial charge on any atom is 0.305 e. The van der Waals surface area contributed by atoms with E-state index in [1.54, 1.807) is 0 Å². The van der Waals surface area contributed by atoms with Crippen LogP contribution in [0.15, 0.2) is 45.0 Å². The number of hydrogen-bond acceptors (Lipinski definition) is 5. The van der Waals surface area contributed by atoms with Crippen LogP contribution in [0.4, 0.5) is 5.69 Å². The van der Waals surface area contributed by atoms with E-state index >= 15 is 0 Å². The summed E-state index contributed by atoms with van der Waals surface area (Å²) >= 11 is 0. The van der Waals surface area contributed by atoms with Crippen molar-refractivity contribution in [1.82, 2.24) is 5.43 Å². The normalized spacial score (nSPS) is 16.5. The zero-order valence-electron chi connectivity index (χ0n) is 15.7. The highest BCUT2D eigenvalue weighted by Gasteiger charge is 2.36. The predicted octanol–water partition coefficient (Wildman–Crippen LogP) is 2.29. The molecule has 0 saturated heterocycles. The topological polar surface area (TPSA) is 131 Å². The molecule has 1 aliphatic rings. The molecule has 1 aromatic heterocycles. The molecule has 1 heterocycles. The highest BCUT2D eigenvalue weighted by molar-refractivity contribution is 6.07. The first-order chi connectivity index (χ1) is 12.8. The van der Waals surface area contributed by atoms with Crippen molar-refractivity contribution >= 4 is 23.3 Å². The Kier molecular flexibility index (Phi) is 4.89. The molecule has 0 aliphatic heterocycles. The van der Waals surface area contributed by atoms with Crippen molar-refractivity contribution in [3.8, 4) is 0 Å². The minimum atomic E-state index is -0.357. The number of hydrazine groups is 1. The molecular weight excluding hydrogens is 344 g/mol. The summed E-state index contributed by atoms with van der Waals surface area (Å²) in [6.07, 6.45) is 1.38. The van der Waals surface area contributed by atoms with Gasteiger partial charge in [-0.1, -0.05) is 32.0 Å². The first kappa shape index (κ1) is 18.5. The van der Waals surface area contributed by atoms with Crippen molar-refractivity contribution in [2.45, 2.75) is 33.6 Å². The van der Waals surface area contributed by atoms with Crippen LogP contribution in [0.5, 0.6) is 0 Å². The summed E-state index contributed by atoms with van der Waals surface area (Å²) in [6, 6.07) is 9.35. The zero-order chi connectivity index (χ0) is 19.6. The van der Waals surface area contributed by atoms with Crippen LogP contribution in [0, 0.1) is 12.3 Å². The van der Waals surface area contributed by atoms with Gasteiger partial charge in [0.15, 0.2) is 5.76 Å². The third-order valence-electron chi connectivity index (χ3n) is 4.38. The molecule has 0 unspecified atom stereocenters. The summed E-state index contributed by atoms with van der Waals surface area (Å²) in [7, 11) is 0. The van der Waals surface area contributed by atoms with Gasteiger partial charge in [-0.05, 0) is 30.9 Å². The Morgan fingerprint density at radius 3 is 2.56 bits per heavy atom. The number of hydrogen-bond donors (Lipinski definition) is 4. The molecule has 8 heteroatoms. The van der Waals surface area contributed by atoms with Gasteiger partial charge in [0, 0.05) is 17.5 Å². The van der Waals surface area contributed by atoms with Gasteiger partial charge in [0.05, 0.1) is 11.4 Å². The third kappa shape index (κ3) is 4.11. The Hall–Kier alpha value is -3.29. The lowest BCUT2D eigenvalue weighted by molar-refractivity contribution is 0.0931. The van der Waals surface area contributed by atoms with Crippen LogP contribution in [0.3, 0.4) is 0 Å². The molecule has 1 amide bonds. The third-order valence-corrected chi connectivity index (χ3v) is 4.38. The number of amides is 1. The Morgan fingerprint density at radius 1 is 1.19 bits per heavy atom. The summed E-state index contributed by atoms with van der Waals surface area (Å²) in [4.78, 5) is 12.6. The quantitative estimate of drug-likeness (QED) is 0.373. The second-order valence-corrected chi connectivity index (χ2v) is 7.39. The number of para-hydroxylation sites is 1. The van der Waals surface area contributed by atoms with Gasteiger partial charge in [0.2, 0.25) is 5.96 Å². The Bertz CT molecular complexity index is 908.